The molecule has 0 radical (unpaired) electrons. The van der Waals surface area contributed by atoms with E-state index in [1.807, 2.05) is 27.7 Å². The Balaban J connectivity index is 1.87. The first-order valence-corrected chi connectivity index (χ1v) is 7.64. The molecule has 124 valence electrons. The van der Waals surface area contributed by atoms with Crippen molar-refractivity contribution in [3.8, 4) is 0 Å². The average Bonchev–Trinajstić information content (AvgIpc) is 2.83. The molecule has 1 aromatic rings. The quantitative estimate of drug-likeness (QED) is 0.880. The molecule has 1 amide bonds. The van der Waals surface area contributed by atoms with Crippen LogP contribution in [0.3, 0.4) is 0 Å². The minimum absolute atomic E-state index is 0.0251. The Morgan fingerprint density at radius 1 is 1.59 bits per heavy atom. The maximum Gasteiger partial charge on any atom is 0.410 e. The molecule has 1 atom stereocenters. The number of aromatic amines is 1. The molecule has 1 unspecified atom stereocenters. The van der Waals surface area contributed by atoms with E-state index in [1.54, 1.807) is 11.2 Å². The molecule has 0 bridgehead atoms. The second-order valence-corrected chi connectivity index (χ2v) is 6.51. The number of hydrogen-bond donors (Lipinski definition) is 2. The Morgan fingerprint density at radius 3 is 3.00 bits per heavy atom. The summed E-state index contributed by atoms with van der Waals surface area (Å²) in [5, 5.41) is 3.33. The first kappa shape index (κ1) is 16.8. The standard InChI is InChI=1S/C15H26N4O3/c1-11-13(18-10-17-11)8-16-7-12-9-21-6-5-19(12)14(20)22-15(2,3)4/h10,12,16H,5-9H2,1-4H3,(H,17,18). The molecule has 1 fully saturated rings. The largest absolute Gasteiger partial charge is 0.444 e. The molecule has 1 saturated heterocycles. The fourth-order valence-electron chi connectivity index (χ4n) is 2.31. The summed E-state index contributed by atoms with van der Waals surface area (Å²) in [5.74, 6) is 0. The van der Waals surface area contributed by atoms with Crippen LogP contribution in [0.15, 0.2) is 6.33 Å². The topological polar surface area (TPSA) is 79.5 Å². The van der Waals surface area contributed by atoms with Gasteiger partial charge < -0.3 is 19.8 Å². The summed E-state index contributed by atoms with van der Waals surface area (Å²) < 4.78 is 11.0. The van der Waals surface area contributed by atoms with Gasteiger partial charge in [-0.05, 0) is 27.7 Å². The monoisotopic (exact) mass is 310 g/mol. The zero-order chi connectivity index (χ0) is 16.2. The molecular weight excluding hydrogens is 284 g/mol. The predicted molar refractivity (Wildman–Crippen MR) is 82.6 cm³/mol. The Morgan fingerprint density at radius 2 is 2.36 bits per heavy atom. The van der Waals surface area contributed by atoms with E-state index in [2.05, 4.69) is 15.3 Å². The third-order valence-electron chi connectivity index (χ3n) is 3.46. The number of H-pyrrole nitrogens is 1. The lowest BCUT2D eigenvalue weighted by Crippen LogP contribution is -2.54. The summed E-state index contributed by atoms with van der Waals surface area (Å²) in [4.78, 5) is 21.3. The van der Waals surface area contributed by atoms with E-state index in [-0.39, 0.29) is 12.1 Å². The number of aryl methyl sites for hydroxylation is 1. The van der Waals surface area contributed by atoms with Gasteiger partial charge in [0.15, 0.2) is 0 Å². The Bertz CT molecular complexity index is 495. The predicted octanol–water partition coefficient (Wildman–Crippen LogP) is 1.44. The number of morpholine rings is 1. The fourth-order valence-corrected chi connectivity index (χ4v) is 2.31. The van der Waals surface area contributed by atoms with E-state index >= 15 is 0 Å². The first-order valence-electron chi connectivity index (χ1n) is 7.64. The van der Waals surface area contributed by atoms with Gasteiger partial charge in [-0.1, -0.05) is 0 Å². The van der Waals surface area contributed by atoms with Crippen molar-refractivity contribution in [1.82, 2.24) is 20.2 Å². The molecule has 2 N–H and O–H groups in total. The molecule has 7 nitrogen and oxygen atoms in total. The minimum Gasteiger partial charge on any atom is -0.444 e. The summed E-state index contributed by atoms with van der Waals surface area (Å²) >= 11 is 0. The molecule has 2 rings (SSSR count). The van der Waals surface area contributed by atoms with Crippen LogP contribution in [0.4, 0.5) is 4.79 Å². The normalized spacial score (nSPS) is 19.3. The van der Waals surface area contributed by atoms with Gasteiger partial charge in [0.2, 0.25) is 0 Å². The van der Waals surface area contributed by atoms with E-state index < -0.39 is 5.60 Å². The van der Waals surface area contributed by atoms with Crippen LogP contribution in [-0.4, -0.2) is 58.9 Å². The summed E-state index contributed by atoms with van der Waals surface area (Å²) in [5.41, 5.74) is 1.55. The van der Waals surface area contributed by atoms with E-state index in [4.69, 9.17) is 9.47 Å². The van der Waals surface area contributed by atoms with Crippen LogP contribution < -0.4 is 5.32 Å². The van der Waals surface area contributed by atoms with E-state index in [1.165, 1.54) is 0 Å². The van der Waals surface area contributed by atoms with Crippen LogP contribution in [0.5, 0.6) is 0 Å². The number of aromatic nitrogens is 2. The third-order valence-corrected chi connectivity index (χ3v) is 3.46. The maximum atomic E-state index is 12.3. The summed E-state index contributed by atoms with van der Waals surface area (Å²) in [6.07, 6.45) is 1.40. The number of carbonyl (C=O) groups is 1. The lowest BCUT2D eigenvalue weighted by atomic mass is 10.2. The van der Waals surface area contributed by atoms with E-state index in [9.17, 15) is 4.79 Å². The van der Waals surface area contributed by atoms with Gasteiger partial charge in [0.25, 0.3) is 0 Å². The van der Waals surface area contributed by atoms with Gasteiger partial charge in [0.05, 0.1) is 31.3 Å². The molecule has 0 aliphatic carbocycles. The minimum atomic E-state index is -0.487. The molecule has 22 heavy (non-hydrogen) atoms. The van der Waals surface area contributed by atoms with Gasteiger partial charge in [-0.15, -0.1) is 0 Å². The lowest BCUT2D eigenvalue weighted by molar-refractivity contribution is -0.0317. The van der Waals surface area contributed by atoms with Crippen molar-refractivity contribution in [3.05, 3.63) is 17.7 Å². The number of nitrogens with zero attached hydrogens (tertiary/aromatic N) is 2. The summed E-state index contributed by atoms with van der Waals surface area (Å²) in [7, 11) is 0. The van der Waals surface area contributed by atoms with Gasteiger partial charge in [-0.25, -0.2) is 9.78 Å². The molecule has 7 heteroatoms. The third kappa shape index (κ3) is 4.71. The van der Waals surface area contributed by atoms with Crippen molar-refractivity contribution in [2.24, 2.45) is 0 Å². The van der Waals surface area contributed by atoms with Crippen molar-refractivity contribution in [3.63, 3.8) is 0 Å². The van der Waals surface area contributed by atoms with Gasteiger partial charge in [0, 0.05) is 25.3 Å². The molecule has 1 aliphatic heterocycles. The van der Waals surface area contributed by atoms with Crippen LogP contribution in [0.2, 0.25) is 0 Å². The van der Waals surface area contributed by atoms with Gasteiger partial charge in [0.1, 0.15) is 5.60 Å². The summed E-state index contributed by atoms with van der Waals surface area (Å²) in [6, 6.07) is -0.0251. The number of ether oxygens (including phenoxy) is 2. The fraction of sp³-hybridized carbons (Fsp3) is 0.733. The number of hydrogen-bond acceptors (Lipinski definition) is 5. The summed E-state index contributed by atoms with van der Waals surface area (Å²) in [6.45, 7) is 10.5. The highest BCUT2D eigenvalue weighted by Gasteiger charge is 2.30. The highest BCUT2D eigenvalue weighted by Crippen LogP contribution is 2.14. The first-order chi connectivity index (χ1) is 10.4. The number of amides is 1. The molecule has 1 aromatic heterocycles. The molecule has 2 heterocycles. The number of carbonyl (C=O) groups excluding carboxylic acids is 1. The van der Waals surface area contributed by atoms with Crippen LogP contribution in [-0.2, 0) is 16.0 Å². The smallest absolute Gasteiger partial charge is 0.410 e. The van der Waals surface area contributed by atoms with Crippen molar-refractivity contribution < 1.29 is 14.3 Å². The molecule has 1 aliphatic rings. The SMILES string of the molecule is Cc1[nH]cnc1CNCC1COCCN1C(=O)OC(C)(C)C. The highest BCUT2D eigenvalue weighted by atomic mass is 16.6. The van der Waals surface area contributed by atoms with Crippen molar-refractivity contribution >= 4 is 6.09 Å². The molecule has 0 spiro atoms. The second-order valence-electron chi connectivity index (χ2n) is 6.51. The second kappa shape index (κ2) is 7.11. The lowest BCUT2D eigenvalue weighted by Gasteiger charge is -2.36. The van der Waals surface area contributed by atoms with E-state index in [0.29, 0.717) is 32.8 Å². The molecule has 0 saturated carbocycles. The number of nitrogens with one attached hydrogen (secondary N) is 2. The molecular formula is C15H26N4O3. The van der Waals surface area contributed by atoms with Gasteiger partial charge in [-0.2, -0.15) is 0 Å². The Hall–Kier alpha value is -1.60. The zero-order valence-corrected chi connectivity index (χ0v) is 13.8. The van der Waals surface area contributed by atoms with Crippen LogP contribution in [0, 0.1) is 6.92 Å². The van der Waals surface area contributed by atoms with Crippen molar-refractivity contribution in [1.29, 1.82) is 0 Å². The van der Waals surface area contributed by atoms with Crippen LogP contribution >= 0.6 is 0 Å². The highest BCUT2D eigenvalue weighted by molar-refractivity contribution is 5.68. The van der Waals surface area contributed by atoms with E-state index in [0.717, 1.165) is 11.4 Å². The number of rotatable bonds is 4. The Kier molecular flexibility index (Phi) is 5.42. The zero-order valence-electron chi connectivity index (χ0n) is 13.8. The van der Waals surface area contributed by atoms with Gasteiger partial charge in [-0.3, -0.25) is 4.90 Å². The van der Waals surface area contributed by atoms with Gasteiger partial charge >= 0.3 is 6.09 Å². The average molecular weight is 310 g/mol. The molecule has 0 aromatic carbocycles. The van der Waals surface area contributed by atoms with Crippen molar-refractivity contribution in [2.45, 2.75) is 45.9 Å². The van der Waals surface area contributed by atoms with Crippen molar-refractivity contribution in [2.75, 3.05) is 26.3 Å². The number of imidazole rings is 1. The maximum absolute atomic E-state index is 12.3. The van der Waals surface area contributed by atoms with Crippen LogP contribution in [0.25, 0.3) is 0 Å². The Labute approximate surface area is 131 Å². The van der Waals surface area contributed by atoms with Crippen LogP contribution in [0.1, 0.15) is 32.2 Å².